The molecule has 5 heteroatoms. The molecule has 2 aliphatic rings. The number of aryl methyl sites for hydroxylation is 1. The predicted octanol–water partition coefficient (Wildman–Crippen LogP) is 2.42. The zero-order valence-electron chi connectivity index (χ0n) is 15.0. The molecule has 0 bridgehead atoms. The van der Waals surface area contributed by atoms with Gasteiger partial charge in [-0.25, -0.2) is 0 Å². The summed E-state index contributed by atoms with van der Waals surface area (Å²) in [5.41, 5.74) is 2.22. The number of amides is 1. The third-order valence-electron chi connectivity index (χ3n) is 5.41. The second-order valence-electron chi connectivity index (χ2n) is 7.33. The maximum atomic E-state index is 12.7. The molecule has 0 unspecified atom stereocenters. The molecule has 1 aromatic heterocycles. The number of hydrogen-bond acceptors (Lipinski definition) is 4. The van der Waals surface area contributed by atoms with Crippen molar-refractivity contribution in [1.29, 1.82) is 0 Å². The minimum atomic E-state index is -0.00123. The second-order valence-corrected chi connectivity index (χ2v) is 7.33. The van der Waals surface area contributed by atoms with Gasteiger partial charge in [-0.15, -0.1) is 0 Å². The monoisotopic (exact) mass is 351 g/mol. The quantitative estimate of drug-likeness (QED) is 0.868. The van der Waals surface area contributed by atoms with Crippen molar-refractivity contribution in [3.8, 4) is 5.75 Å². The lowest BCUT2D eigenvalue weighted by atomic mass is 9.85. The molecule has 2 heterocycles. The molecule has 0 spiro atoms. The average Bonchev–Trinajstić information content (AvgIpc) is 3.12. The van der Waals surface area contributed by atoms with E-state index in [1.807, 2.05) is 37.3 Å². The van der Waals surface area contributed by atoms with Gasteiger partial charge in [-0.1, -0.05) is 30.3 Å². The van der Waals surface area contributed by atoms with Crippen molar-refractivity contribution in [2.24, 2.45) is 5.92 Å². The van der Waals surface area contributed by atoms with Crippen molar-refractivity contribution < 1.29 is 9.53 Å². The van der Waals surface area contributed by atoms with Gasteiger partial charge in [0, 0.05) is 43.6 Å². The smallest absolute Gasteiger partial charge is 0.225 e. The molecule has 1 amide bonds. The number of carbonyl (C=O) groups excluding carboxylic acids is 1. The van der Waals surface area contributed by atoms with Crippen LogP contribution in [0.2, 0.25) is 0 Å². The van der Waals surface area contributed by atoms with Crippen molar-refractivity contribution in [2.75, 3.05) is 13.1 Å². The summed E-state index contributed by atoms with van der Waals surface area (Å²) in [6.45, 7) is 3.56. The Morgan fingerprint density at radius 3 is 2.69 bits per heavy atom. The Kier molecular flexibility index (Phi) is 4.89. The molecule has 1 aliphatic carbocycles. The second kappa shape index (κ2) is 7.46. The Labute approximate surface area is 154 Å². The van der Waals surface area contributed by atoms with E-state index in [9.17, 15) is 4.79 Å². The molecule has 1 aliphatic heterocycles. The van der Waals surface area contributed by atoms with Crippen molar-refractivity contribution in [3.05, 3.63) is 59.9 Å². The average molecular weight is 351 g/mol. The van der Waals surface area contributed by atoms with E-state index in [1.165, 1.54) is 5.56 Å². The number of nitrogens with zero attached hydrogens (tertiary/aromatic N) is 1. The molecular formula is C21H25N3O2. The highest BCUT2D eigenvalue weighted by Crippen LogP contribution is 2.30. The van der Waals surface area contributed by atoms with Crippen LogP contribution in [0.5, 0.6) is 5.75 Å². The van der Waals surface area contributed by atoms with Crippen LogP contribution in [0.4, 0.5) is 0 Å². The van der Waals surface area contributed by atoms with E-state index in [0.717, 1.165) is 37.4 Å². The standard InChI is InChI=1S/C21H25N3O2/c1-14-7-8-17(11-23-14)26-18-9-16(10-18)24-21(25)20-13-22-12-19(20)15-5-3-2-4-6-15/h2-8,11,16,18-20,22H,9-10,12-13H2,1H3,(H,24,25)/t16?,18?,19-,20+/m0/s1. The van der Waals surface area contributed by atoms with Crippen LogP contribution in [0.1, 0.15) is 30.0 Å². The molecule has 2 N–H and O–H groups in total. The van der Waals surface area contributed by atoms with Crippen molar-refractivity contribution >= 4 is 5.91 Å². The van der Waals surface area contributed by atoms with E-state index in [0.29, 0.717) is 0 Å². The molecule has 26 heavy (non-hydrogen) atoms. The van der Waals surface area contributed by atoms with Crippen LogP contribution in [0.25, 0.3) is 0 Å². The van der Waals surface area contributed by atoms with Gasteiger partial charge in [0.05, 0.1) is 12.1 Å². The van der Waals surface area contributed by atoms with Gasteiger partial charge in [-0.2, -0.15) is 0 Å². The number of aromatic nitrogens is 1. The minimum Gasteiger partial charge on any atom is -0.489 e. The number of rotatable bonds is 5. The SMILES string of the molecule is Cc1ccc(OC2CC(NC(=O)[C@@H]3CNC[C@H]3c3ccccc3)C2)cn1. The molecular weight excluding hydrogens is 326 g/mol. The van der Waals surface area contributed by atoms with E-state index in [2.05, 4.69) is 27.8 Å². The van der Waals surface area contributed by atoms with Crippen LogP contribution in [0.15, 0.2) is 48.7 Å². The van der Waals surface area contributed by atoms with Gasteiger partial charge >= 0.3 is 0 Å². The Morgan fingerprint density at radius 1 is 1.15 bits per heavy atom. The lowest BCUT2D eigenvalue weighted by Crippen LogP contribution is -2.51. The summed E-state index contributed by atoms with van der Waals surface area (Å²) in [5.74, 6) is 1.21. The summed E-state index contributed by atoms with van der Waals surface area (Å²) in [4.78, 5) is 17.0. The molecule has 1 aromatic carbocycles. The van der Waals surface area contributed by atoms with Crippen molar-refractivity contribution in [2.45, 2.75) is 37.8 Å². The Bertz CT molecular complexity index is 742. The molecule has 5 nitrogen and oxygen atoms in total. The first kappa shape index (κ1) is 17.0. The molecule has 4 rings (SSSR count). The van der Waals surface area contributed by atoms with Gasteiger partial charge in [-0.3, -0.25) is 9.78 Å². The third kappa shape index (κ3) is 3.73. The van der Waals surface area contributed by atoms with E-state index in [1.54, 1.807) is 6.20 Å². The first-order valence-corrected chi connectivity index (χ1v) is 9.34. The zero-order valence-corrected chi connectivity index (χ0v) is 15.0. The topological polar surface area (TPSA) is 63.2 Å². The van der Waals surface area contributed by atoms with Crippen LogP contribution in [0.3, 0.4) is 0 Å². The van der Waals surface area contributed by atoms with Gasteiger partial charge in [0.15, 0.2) is 0 Å². The summed E-state index contributed by atoms with van der Waals surface area (Å²) in [6.07, 6.45) is 3.64. The van der Waals surface area contributed by atoms with Gasteiger partial charge in [0.25, 0.3) is 0 Å². The van der Waals surface area contributed by atoms with E-state index in [4.69, 9.17) is 4.74 Å². The van der Waals surface area contributed by atoms with Crippen LogP contribution in [-0.4, -0.2) is 36.1 Å². The maximum Gasteiger partial charge on any atom is 0.225 e. The predicted molar refractivity (Wildman–Crippen MR) is 100 cm³/mol. The number of pyridine rings is 1. The molecule has 0 radical (unpaired) electrons. The van der Waals surface area contributed by atoms with Crippen molar-refractivity contribution in [1.82, 2.24) is 15.6 Å². The van der Waals surface area contributed by atoms with Crippen LogP contribution < -0.4 is 15.4 Å². The maximum absolute atomic E-state index is 12.7. The Balaban J connectivity index is 1.27. The fraction of sp³-hybridized carbons (Fsp3) is 0.429. The van der Waals surface area contributed by atoms with E-state index >= 15 is 0 Å². The highest BCUT2D eigenvalue weighted by molar-refractivity contribution is 5.81. The fourth-order valence-corrected chi connectivity index (χ4v) is 3.81. The first-order chi connectivity index (χ1) is 12.7. The lowest BCUT2D eigenvalue weighted by molar-refractivity contribution is -0.126. The summed E-state index contributed by atoms with van der Waals surface area (Å²) in [6, 6.07) is 14.4. The third-order valence-corrected chi connectivity index (χ3v) is 5.41. The Morgan fingerprint density at radius 2 is 1.96 bits per heavy atom. The van der Waals surface area contributed by atoms with E-state index < -0.39 is 0 Å². The van der Waals surface area contributed by atoms with Crippen LogP contribution in [-0.2, 0) is 4.79 Å². The largest absolute Gasteiger partial charge is 0.489 e. The normalized spacial score (nSPS) is 27.6. The highest BCUT2D eigenvalue weighted by atomic mass is 16.5. The number of benzene rings is 1. The van der Waals surface area contributed by atoms with E-state index in [-0.39, 0.29) is 29.9 Å². The van der Waals surface area contributed by atoms with Gasteiger partial charge in [-0.05, 0) is 24.6 Å². The molecule has 1 saturated carbocycles. The number of hydrogen-bond donors (Lipinski definition) is 2. The van der Waals surface area contributed by atoms with Crippen molar-refractivity contribution in [3.63, 3.8) is 0 Å². The fourth-order valence-electron chi connectivity index (χ4n) is 3.81. The zero-order chi connectivity index (χ0) is 17.9. The molecule has 136 valence electrons. The van der Waals surface area contributed by atoms with Gasteiger partial charge < -0.3 is 15.4 Å². The summed E-state index contributed by atoms with van der Waals surface area (Å²) < 4.78 is 5.91. The van der Waals surface area contributed by atoms with Gasteiger partial charge in [0.1, 0.15) is 11.9 Å². The molecule has 2 atom stereocenters. The number of nitrogens with one attached hydrogen (secondary N) is 2. The lowest BCUT2D eigenvalue weighted by Gasteiger charge is -2.36. The summed E-state index contributed by atoms with van der Waals surface area (Å²) in [5, 5.41) is 6.57. The highest BCUT2D eigenvalue weighted by Gasteiger charge is 2.38. The first-order valence-electron chi connectivity index (χ1n) is 9.34. The molecule has 2 fully saturated rings. The minimum absolute atomic E-state index is 0.00123. The summed E-state index contributed by atoms with van der Waals surface area (Å²) >= 11 is 0. The molecule has 1 saturated heterocycles. The summed E-state index contributed by atoms with van der Waals surface area (Å²) in [7, 11) is 0. The van der Waals surface area contributed by atoms with Gasteiger partial charge in [0.2, 0.25) is 5.91 Å². The molecule has 2 aromatic rings. The number of ether oxygens (including phenoxy) is 1. The number of carbonyl (C=O) groups is 1. The van der Waals surface area contributed by atoms with Crippen LogP contribution in [0, 0.1) is 12.8 Å². The Hall–Kier alpha value is -2.40. The van der Waals surface area contributed by atoms with Crippen LogP contribution >= 0.6 is 0 Å².